The molecule has 2 N–H and O–H groups in total. The number of nitrogens with zero attached hydrogens (tertiary/aromatic N) is 2. The lowest BCUT2D eigenvalue weighted by Crippen LogP contribution is -2.37. The maximum Gasteiger partial charge on any atom is 0.0371 e. The Hall–Kier alpha value is -0.580. The molecule has 1 aliphatic heterocycles. The molecule has 1 heterocycles. The van der Waals surface area contributed by atoms with Crippen molar-refractivity contribution >= 4 is 21.6 Å². The molecule has 0 aromatic heterocycles. The minimum absolute atomic E-state index is 0.669. The van der Waals surface area contributed by atoms with Gasteiger partial charge in [0.2, 0.25) is 0 Å². The minimum Gasteiger partial charge on any atom is -0.398 e. The van der Waals surface area contributed by atoms with Gasteiger partial charge in [-0.2, -0.15) is 0 Å². The Balaban J connectivity index is 2.03. The first-order valence-corrected chi connectivity index (χ1v) is 7.28. The molecule has 1 unspecified atom stereocenters. The van der Waals surface area contributed by atoms with Gasteiger partial charge in [0.1, 0.15) is 0 Å². The topological polar surface area (TPSA) is 32.5 Å². The van der Waals surface area contributed by atoms with Gasteiger partial charge >= 0.3 is 0 Å². The van der Waals surface area contributed by atoms with Crippen molar-refractivity contribution in [1.82, 2.24) is 9.80 Å². The van der Waals surface area contributed by atoms with E-state index < -0.39 is 0 Å². The van der Waals surface area contributed by atoms with Crippen LogP contribution in [0.3, 0.4) is 0 Å². The maximum atomic E-state index is 6.08. The van der Waals surface area contributed by atoms with Crippen molar-refractivity contribution in [3.8, 4) is 0 Å². The fraction of sp³-hybridized carbons (Fsp3) is 0.571. The summed E-state index contributed by atoms with van der Waals surface area (Å²) in [5.41, 5.74) is 8.21. The highest BCUT2D eigenvalue weighted by atomic mass is 79.9. The van der Waals surface area contributed by atoms with Crippen LogP contribution in [0.25, 0.3) is 0 Å². The Labute approximate surface area is 118 Å². The third-order valence-corrected chi connectivity index (χ3v) is 4.05. The van der Waals surface area contributed by atoms with E-state index in [0.717, 1.165) is 23.2 Å². The Bertz CT molecular complexity index is 406. The van der Waals surface area contributed by atoms with E-state index in [1.165, 1.54) is 24.9 Å². The zero-order valence-corrected chi connectivity index (χ0v) is 12.8. The van der Waals surface area contributed by atoms with Gasteiger partial charge in [0.05, 0.1) is 0 Å². The van der Waals surface area contributed by atoms with E-state index in [2.05, 4.69) is 52.0 Å². The normalized spacial score (nSPS) is 20.8. The number of halogens is 1. The van der Waals surface area contributed by atoms with Crippen LogP contribution in [0.1, 0.15) is 18.4 Å². The van der Waals surface area contributed by atoms with Gasteiger partial charge in [-0.3, -0.25) is 4.90 Å². The van der Waals surface area contributed by atoms with Crippen molar-refractivity contribution in [2.45, 2.75) is 25.4 Å². The quantitative estimate of drug-likeness (QED) is 0.867. The van der Waals surface area contributed by atoms with E-state index in [9.17, 15) is 0 Å². The van der Waals surface area contributed by atoms with Gasteiger partial charge in [-0.25, -0.2) is 0 Å². The second kappa shape index (κ2) is 6.04. The van der Waals surface area contributed by atoms with Crippen LogP contribution in [0.2, 0.25) is 0 Å². The molecule has 18 heavy (non-hydrogen) atoms. The van der Waals surface area contributed by atoms with Crippen molar-refractivity contribution in [2.24, 2.45) is 0 Å². The molecule has 1 atom stereocenters. The zero-order chi connectivity index (χ0) is 13.1. The van der Waals surface area contributed by atoms with Gasteiger partial charge in [-0.1, -0.05) is 22.0 Å². The van der Waals surface area contributed by atoms with Crippen LogP contribution in [0.15, 0.2) is 22.7 Å². The number of benzene rings is 1. The second-order valence-corrected chi connectivity index (χ2v) is 6.29. The average Bonchev–Trinajstić information content (AvgIpc) is 2.69. The van der Waals surface area contributed by atoms with Crippen LogP contribution in [-0.4, -0.2) is 43.0 Å². The van der Waals surface area contributed by atoms with Gasteiger partial charge in [-0.15, -0.1) is 0 Å². The van der Waals surface area contributed by atoms with Crippen LogP contribution < -0.4 is 5.73 Å². The fourth-order valence-electron chi connectivity index (χ4n) is 2.66. The summed E-state index contributed by atoms with van der Waals surface area (Å²) in [4.78, 5) is 4.83. The van der Waals surface area contributed by atoms with E-state index in [-0.39, 0.29) is 0 Å². The number of likely N-dealkylation sites (tertiary alicyclic amines) is 1. The molecule has 0 radical (unpaired) electrons. The fourth-order valence-corrected chi connectivity index (χ4v) is 3.04. The number of hydrogen-bond donors (Lipinski definition) is 1. The molecule has 1 aromatic rings. The van der Waals surface area contributed by atoms with Gasteiger partial charge in [0.25, 0.3) is 0 Å². The summed E-state index contributed by atoms with van der Waals surface area (Å²) in [5, 5.41) is 0. The predicted molar refractivity (Wildman–Crippen MR) is 80.5 cm³/mol. The number of anilines is 1. The molecule has 100 valence electrons. The van der Waals surface area contributed by atoms with Crippen LogP contribution in [0, 0.1) is 0 Å². The van der Waals surface area contributed by atoms with E-state index in [4.69, 9.17) is 5.73 Å². The summed E-state index contributed by atoms with van der Waals surface area (Å²) in [5.74, 6) is 0. The van der Waals surface area contributed by atoms with Crippen LogP contribution >= 0.6 is 15.9 Å². The Morgan fingerprint density at radius 3 is 2.89 bits per heavy atom. The summed E-state index contributed by atoms with van der Waals surface area (Å²) in [6, 6.07) is 6.86. The summed E-state index contributed by atoms with van der Waals surface area (Å²) in [6.07, 6.45) is 2.60. The third-order valence-electron chi connectivity index (χ3n) is 3.56. The van der Waals surface area contributed by atoms with Gasteiger partial charge in [0, 0.05) is 29.3 Å². The number of rotatable bonds is 4. The molecular formula is C14H22BrN3. The number of likely N-dealkylation sites (N-methyl/N-ethyl adjacent to an activating group) is 1. The molecule has 0 saturated carbocycles. The highest BCUT2D eigenvalue weighted by Gasteiger charge is 2.25. The van der Waals surface area contributed by atoms with Crippen molar-refractivity contribution in [3.05, 3.63) is 28.2 Å². The van der Waals surface area contributed by atoms with E-state index in [0.29, 0.717) is 6.04 Å². The summed E-state index contributed by atoms with van der Waals surface area (Å²) < 4.78 is 1.05. The standard InChI is InChI=1S/C14H22BrN3/c1-17(2)10-13-4-3-7-18(13)9-11-5-6-12(15)8-14(11)16/h5-6,8,13H,3-4,7,9-10,16H2,1-2H3. The monoisotopic (exact) mass is 311 g/mol. The van der Waals surface area contributed by atoms with E-state index >= 15 is 0 Å². The second-order valence-electron chi connectivity index (χ2n) is 5.37. The summed E-state index contributed by atoms with van der Waals surface area (Å²) >= 11 is 3.45. The molecule has 2 rings (SSSR count). The van der Waals surface area contributed by atoms with Crippen molar-refractivity contribution in [3.63, 3.8) is 0 Å². The molecule has 1 aliphatic rings. The molecular weight excluding hydrogens is 290 g/mol. The van der Waals surface area contributed by atoms with E-state index in [1.54, 1.807) is 0 Å². The largest absolute Gasteiger partial charge is 0.398 e. The smallest absolute Gasteiger partial charge is 0.0371 e. The molecule has 0 spiro atoms. The lowest BCUT2D eigenvalue weighted by atomic mass is 10.1. The molecule has 1 saturated heterocycles. The lowest BCUT2D eigenvalue weighted by molar-refractivity contribution is 0.201. The first-order chi connectivity index (χ1) is 8.56. The highest BCUT2D eigenvalue weighted by Crippen LogP contribution is 2.24. The van der Waals surface area contributed by atoms with Crippen molar-refractivity contribution in [1.29, 1.82) is 0 Å². The molecule has 0 bridgehead atoms. The van der Waals surface area contributed by atoms with Gasteiger partial charge < -0.3 is 10.6 Å². The van der Waals surface area contributed by atoms with Crippen LogP contribution in [0.4, 0.5) is 5.69 Å². The average molecular weight is 312 g/mol. The number of hydrogen-bond acceptors (Lipinski definition) is 3. The third kappa shape index (κ3) is 3.46. The van der Waals surface area contributed by atoms with Crippen molar-refractivity contribution in [2.75, 3.05) is 32.9 Å². The Morgan fingerprint density at radius 1 is 1.44 bits per heavy atom. The maximum absolute atomic E-state index is 6.08. The Kier molecular flexibility index (Phi) is 4.65. The van der Waals surface area contributed by atoms with Crippen LogP contribution in [-0.2, 0) is 6.54 Å². The molecule has 0 aliphatic carbocycles. The van der Waals surface area contributed by atoms with Gasteiger partial charge in [0.15, 0.2) is 0 Å². The van der Waals surface area contributed by atoms with Crippen molar-refractivity contribution < 1.29 is 0 Å². The number of nitrogen functional groups attached to an aromatic ring is 1. The molecule has 1 fully saturated rings. The molecule has 0 amide bonds. The SMILES string of the molecule is CN(C)CC1CCCN1Cc1ccc(Br)cc1N. The number of nitrogens with two attached hydrogens (primary N) is 1. The minimum atomic E-state index is 0.669. The first kappa shape index (κ1) is 13.8. The Morgan fingerprint density at radius 2 is 2.22 bits per heavy atom. The zero-order valence-electron chi connectivity index (χ0n) is 11.2. The molecule has 3 nitrogen and oxygen atoms in total. The predicted octanol–water partition coefficient (Wildman–Crippen LogP) is 2.56. The lowest BCUT2D eigenvalue weighted by Gasteiger charge is -2.27. The van der Waals surface area contributed by atoms with E-state index in [1.807, 2.05) is 6.07 Å². The summed E-state index contributed by atoms with van der Waals surface area (Å²) in [7, 11) is 4.29. The van der Waals surface area contributed by atoms with Gasteiger partial charge in [-0.05, 0) is 51.2 Å². The molecule has 4 heteroatoms. The van der Waals surface area contributed by atoms with Crippen LogP contribution in [0.5, 0.6) is 0 Å². The highest BCUT2D eigenvalue weighted by molar-refractivity contribution is 9.10. The molecule has 1 aromatic carbocycles. The summed E-state index contributed by atoms with van der Waals surface area (Å²) in [6.45, 7) is 3.29. The first-order valence-electron chi connectivity index (χ1n) is 6.49.